The first-order valence-electron chi connectivity index (χ1n) is 16.1. The molecule has 0 aromatic heterocycles. The van der Waals surface area contributed by atoms with E-state index in [9.17, 15) is 14.4 Å². The van der Waals surface area contributed by atoms with Crippen LogP contribution in [0.5, 0.6) is 0 Å². The summed E-state index contributed by atoms with van der Waals surface area (Å²) in [7, 11) is 0. The maximum absolute atomic E-state index is 12.5. The SMILES string of the molecule is CCC/C=C\C/C=C\C(CCCCCCC(=O)NCC(=O)O)OC(=O)CCCCCCC/C=C\CCCCCC. The fraction of sp³-hybridized carbons (Fsp3) is 0.735. The van der Waals surface area contributed by atoms with Crippen molar-refractivity contribution in [3.63, 3.8) is 0 Å². The summed E-state index contributed by atoms with van der Waals surface area (Å²) >= 11 is 0. The van der Waals surface area contributed by atoms with Crippen LogP contribution in [-0.4, -0.2) is 35.6 Å². The summed E-state index contributed by atoms with van der Waals surface area (Å²) in [5.41, 5.74) is 0. The molecule has 0 fully saturated rings. The van der Waals surface area contributed by atoms with Crippen LogP contribution >= 0.6 is 0 Å². The van der Waals surface area contributed by atoms with Gasteiger partial charge in [-0.05, 0) is 70.3 Å². The number of ether oxygens (including phenoxy) is 1. The van der Waals surface area contributed by atoms with E-state index in [0.717, 1.165) is 70.6 Å². The molecule has 0 aliphatic carbocycles. The summed E-state index contributed by atoms with van der Waals surface area (Å²) in [5.74, 6) is -1.37. The maximum atomic E-state index is 12.5. The molecule has 0 rings (SSSR count). The third-order valence-electron chi connectivity index (χ3n) is 6.75. The van der Waals surface area contributed by atoms with Crippen molar-refractivity contribution in [2.45, 2.75) is 155 Å². The topological polar surface area (TPSA) is 92.7 Å². The average Bonchev–Trinajstić information content (AvgIpc) is 2.93. The Morgan fingerprint density at radius 3 is 1.95 bits per heavy atom. The quantitative estimate of drug-likeness (QED) is 0.0565. The minimum atomic E-state index is -1.03. The van der Waals surface area contributed by atoms with Crippen LogP contribution in [0.1, 0.15) is 149 Å². The molecule has 0 aliphatic heterocycles. The zero-order valence-corrected chi connectivity index (χ0v) is 25.7. The molecule has 0 bridgehead atoms. The van der Waals surface area contributed by atoms with Crippen molar-refractivity contribution >= 4 is 17.8 Å². The number of allylic oxidation sites excluding steroid dienone is 5. The van der Waals surface area contributed by atoms with Crippen molar-refractivity contribution in [2.75, 3.05) is 6.54 Å². The standard InChI is InChI=1S/C34H59NO5/c1-3-5-7-9-11-12-13-14-15-16-17-19-25-29-34(39)40-31(26-22-18-10-8-6-4-2)27-23-20-21-24-28-32(36)35-30-33(37)38/h8,10,12-13,22,26,31H,3-7,9,11,14-21,23-25,27-30H2,1-2H3,(H,35,36)(H,37,38)/b10-8-,13-12-,26-22-. The second kappa shape index (κ2) is 29.6. The van der Waals surface area contributed by atoms with E-state index in [0.29, 0.717) is 12.8 Å². The number of hydrogen-bond acceptors (Lipinski definition) is 4. The van der Waals surface area contributed by atoms with Gasteiger partial charge in [0.1, 0.15) is 12.6 Å². The molecule has 0 aromatic carbocycles. The van der Waals surface area contributed by atoms with E-state index in [1.54, 1.807) is 0 Å². The number of amides is 1. The summed E-state index contributed by atoms with van der Waals surface area (Å²) in [4.78, 5) is 34.6. The Bertz CT molecular complexity index is 713. The lowest BCUT2D eigenvalue weighted by molar-refractivity contribution is -0.147. The Balaban J connectivity index is 4.16. The highest BCUT2D eigenvalue weighted by Gasteiger charge is 2.11. The molecule has 6 nitrogen and oxygen atoms in total. The lowest BCUT2D eigenvalue weighted by atomic mass is 10.1. The predicted molar refractivity (Wildman–Crippen MR) is 166 cm³/mol. The number of carboxylic acids is 1. The van der Waals surface area contributed by atoms with Crippen molar-refractivity contribution in [2.24, 2.45) is 0 Å². The molecule has 0 spiro atoms. The number of hydrogen-bond donors (Lipinski definition) is 2. The van der Waals surface area contributed by atoms with Crippen LogP contribution in [0.15, 0.2) is 36.5 Å². The first kappa shape index (κ1) is 37.6. The minimum Gasteiger partial charge on any atom is -0.480 e. The first-order valence-corrected chi connectivity index (χ1v) is 16.1. The van der Waals surface area contributed by atoms with Gasteiger partial charge in [-0.25, -0.2) is 0 Å². The van der Waals surface area contributed by atoms with Gasteiger partial charge in [-0.15, -0.1) is 0 Å². The lowest BCUT2D eigenvalue weighted by Crippen LogP contribution is -2.28. The molecule has 2 N–H and O–H groups in total. The van der Waals surface area contributed by atoms with Gasteiger partial charge in [0.25, 0.3) is 0 Å². The van der Waals surface area contributed by atoms with Gasteiger partial charge in [0.15, 0.2) is 0 Å². The summed E-state index contributed by atoms with van der Waals surface area (Å²) in [6.07, 6.45) is 34.2. The summed E-state index contributed by atoms with van der Waals surface area (Å²) in [6.45, 7) is 4.07. The van der Waals surface area contributed by atoms with Gasteiger partial charge < -0.3 is 15.2 Å². The number of carboxylic acid groups (broad SMARTS) is 1. The number of carbonyl (C=O) groups is 3. The average molecular weight is 562 g/mol. The molecular weight excluding hydrogens is 502 g/mol. The predicted octanol–water partition coefficient (Wildman–Crippen LogP) is 9.00. The highest BCUT2D eigenvalue weighted by atomic mass is 16.5. The lowest BCUT2D eigenvalue weighted by Gasteiger charge is -2.14. The molecule has 1 amide bonds. The van der Waals surface area contributed by atoms with E-state index in [2.05, 4.69) is 49.5 Å². The van der Waals surface area contributed by atoms with Gasteiger partial charge >= 0.3 is 11.9 Å². The zero-order chi connectivity index (χ0) is 29.5. The van der Waals surface area contributed by atoms with Crippen molar-refractivity contribution < 1.29 is 24.2 Å². The van der Waals surface area contributed by atoms with Crippen molar-refractivity contribution in [3.05, 3.63) is 36.5 Å². The molecule has 0 aliphatic rings. The van der Waals surface area contributed by atoms with Gasteiger partial charge in [0.2, 0.25) is 5.91 Å². The Kier molecular flexibility index (Phi) is 27.9. The molecule has 230 valence electrons. The largest absolute Gasteiger partial charge is 0.480 e. The molecule has 0 saturated heterocycles. The summed E-state index contributed by atoms with van der Waals surface area (Å²) < 4.78 is 5.81. The first-order chi connectivity index (χ1) is 19.5. The second-order valence-corrected chi connectivity index (χ2v) is 10.7. The van der Waals surface area contributed by atoms with E-state index in [1.807, 2.05) is 6.08 Å². The Morgan fingerprint density at radius 2 is 1.27 bits per heavy atom. The van der Waals surface area contributed by atoms with Crippen LogP contribution in [-0.2, 0) is 19.1 Å². The Hall–Kier alpha value is -2.37. The van der Waals surface area contributed by atoms with E-state index >= 15 is 0 Å². The molecule has 0 radical (unpaired) electrons. The third kappa shape index (κ3) is 28.6. The van der Waals surface area contributed by atoms with Crippen LogP contribution in [0.3, 0.4) is 0 Å². The van der Waals surface area contributed by atoms with E-state index in [1.165, 1.54) is 51.4 Å². The highest BCUT2D eigenvalue weighted by Crippen LogP contribution is 2.14. The van der Waals surface area contributed by atoms with Gasteiger partial charge in [0, 0.05) is 12.8 Å². The number of aliphatic carboxylic acids is 1. The molecule has 0 saturated carbocycles. The fourth-order valence-electron chi connectivity index (χ4n) is 4.35. The van der Waals surface area contributed by atoms with Crippen LogP contribution < -0.4 is 5.32 Å². The van der Waals surface area contributed by atoms with Crippen molar-refractivity contribution in [1.29, 1.82) is 0 Å². The van der Waals surface area contributed by atoms with Crippen molar-refractivity contribution in [3.8, 4) is 0 Å². The van der Waals surface area contributed by atoms with Gasteiger partial charge in [-0.3, -0.25) is 14.4 Å². The number of unbranched alkanes of at least 4 members (excludes halogenated alkanes) is 13. The molecule has 0 aromatic rings. The number of esters is 1. The van der Waals surface area contributed by atoms with E-state index in [-0.39, 0.29) is 24.5 Å². The molecular formula is C34H59NO5. The summed E-state index contributed by atoms with van der Waals surface area (Å²) in [5, 5.41) is 11.0. The fourth-order valence-corrected chi connectivity index (χ4v) is 4.35. The molecule has 6 heteroatoms. The number of carbonyl (C=O) groups excluding carboxylic acids is 2. The smallest absolute Gasteiger partial charge is 0.322 e. The Labute approximate surface area is 245 Å². The zero-order valence-electron chi connectivity index (χ0n) is 25.7. The van der Waals surface area contributed by atoms with Crippen LogP contribution in [0.4, 0.5) is 0 Å². The van der Waals surface area contributed by atoms with E-state index < -0.39 is 5.97 Å². The molecule has 40 heavy (non-hydrogen) atoms. The maximum Gasteiger partial charge on any atom is 0.322 e. The third-order valence-corrected chi connectivity index (χ3v) is 6.75. The van der Waals surface area contributed by atoms with Gasteiger partial charge in [-0.1, -0.05) is 102 Å². The van der Waals surface area contributed by atoms with Gasteiger partial charge in [0.05, 0.1) is 0 Å². The van der Waals surface area contributed by atoms with Crippen LogP contribution in [0, 0.1) is 0 Å². The number of rotatable bonds is 28. The molecule has 1 unspecified atom stereocenters. The van der Waals surface area contributed by atoms with Crippen LogP contribution in [0.2, 0.25) is 0 Å². The number of nitrogens with one attached hydrogen (secondary N) is 1. The van der Waals surface area contributed by atoms with E-state index in [4.69, 9.17) is 9.84 Å². The van der Waals surface area contributed by atoms with Crippen LogP contribution in [0.25, 0.3) is 0 Å². The molecule has 0 heterocycles. The van der Waals surface area contributed by atoms with Gasteiger partial charge in [-0.2, -0.15) is 0 Å². The minimum absolute atomic E-state index is 0.114. The monoisotopic (exact) mass is 561 g/mol. The highest BCUT2D eigenvalue weighted by molar-refractivity contribution is 5.80. The summed E-state index contributed by atoms with van der Waals surface area (Å²) in [6, 6.07) is 0. The Morgan fingerprint density at radius 1 is 0.675 bits per heavy atom. The van der Waals surface area contributed by atoms with Crippen molar-refractivity contribution in [1.82, 2.24) is 5.32 Å². The molecule has 1 atom stereocenters. The normalized spacial score (nSPS) is 12.4. The second-order valence-electron chi connectivity index (χ2n) is 10.7.